The van der Waals surface area contributed by atoms with Gasteiger partial charge in [0, 0.05) is 24.2 Å². The second-order valence-electron chi connectivity index (χ2n) is 5.28. The number of sulfonamides is 1. The predicted octanol–water partition coefficient (Wildman–Crippen LogP) is 2.34. The maximum Gasteiger partial charge on any atom is 0.244 e. The zero-order valence-corrected chi connectivity index (χ0v) is 14.4. The van der Waals surface area contributed by atoms with Gasteiger partial charge in [-0.2, -0.15) is 4.31 Å². The molecule has 0 aromatic carbocycles. The molecule has 1 N–H and O–H groups in total. The predicted molar refractivity (Wildman–Crippen MR) is 90.2 cm³/mol. The van der Waals surface area contributed by atoms with Gasteiger partial charge in [0.05, 0.1) is 19.3 Å². The number of hydrogen-bond acceptors (Lipinski definition) is 6. The highest BCUT2D eigenvalue weighted by Crippen LogP contribution is 2.23. The van der Waals surface area contributed by atoms with Crippen LogP contribution in [0, 0.1) is 0 Å². The fourth-order valence-electron chi connectivity index (χ4n) is 2.38. The summed E-state index contributed by atoms with van der Waals surface area (Å²) in [6.45, 7) is 3.69. The van der Waals surface area contributed by atoms with Gasteiger partial charge in [0.2, 0.25) is 10.0 Å². The molecule has 8 heteroatoms. The molecule has 0 aliphatic carbocycles. The lowest BCUT2D eigenvalue weighted by Crippen LogP contribution is -2.40. The van der Waals surface area contributed by atoms with Crippen molar-refractivity contribution < 1.29 is 13.2 Å². The minimum Gasteiger partial charge on any atom is -0.379 e. The van der Waals surface area contributed by atoms with Gasteiger partial charge in [-0.05, 0) is 30.5 Å². The summed E-state index contributed by atoms with van der Waals surface area (Å²) in [5.74, 6) is 0.659. The molecule has 1 fully saturated rings. The van der Waals surface area contributed by atoms with Crippen molar-refractivity contribution in [3.63, 3.8) is 0 Å². The Morgan fingerprint density at radius 3 is 2.70 bits per heavy atom. The highest BCUT2D eigenvalue weighted by Gasteiger charge is 2.26. The van der Waals surface area contributed by atoms with Gasteiger partial charge >= 0.3 is 0 Å². The van der Waals surface area contributed by atoms with Crippen molar-refractivity contribution in [2.24, 2.45) is 0 Å². The summed E-state index contributed by atoms with van der Waals surface area (Å²) in [5.41, 5.74) is 0. The molecule has 124 valence electrons. The summed E-state index contributed by atoms with van der Waals surface area (Å²) in [6.07, 6.45) is 1.41. The summed E-state index contributed by atoms with van der Waals surface area (Å²) < 4.78 is 31.7. The summed E-state index contributed by atoms with van der Waals surface area (Å²) in [7, 11) is -3.49. The number of hydrogen-bond donors (Lipinski definition) is 1. The average Bonchev–Trinajstić information content (AvgIpc) is 3.11. The zero-order valence-electron chi connectivity index (χ0n) is 12.8. The van der Waals surface area contributed by atoms with Crippen LogP contribution < -0.4 is 5.32 Å². The minimum atomic E-state index is -3.49. The molecular weight excluding hydrogens is 334 g/mol. The van der Waals surface area contributed by atoms with Crippen molar-refractivity contribution in [2.45, 2.75) is 17.9 Å². The fourth-order valence-corrected chi connectivity index (χ4v) is 4.47. The zero-order chi connectivity index (χ0) is 16.3. The molecule has 2 aromatic rings. The number of rotatable bonds is 5. The van der Waals surface area contributed by atoms with Crippen LogP contribution in [0.25, 0.3) is 0 Å². The molecule has 0 saturated carbocycles. The van der Waals surface area contributed by atoms with Gasteiger partial charge in [-0.3, -0.25) is 0 Å². The molecule has 0 unspecified atom stereocenters. The van der Waals surface area contributed by atoms with E-state index >= 15 is 0 Å². The second kappa shape index (κ2) is 6.96. The normalized spacial score (nSPS) is 17.8. The quantitative estimate of drug-likeness (QED) is 0.893. The number of ether oxygens (including phenoxy) is 1. The van der Waals surface area contributed by atoms with Crippen molar-refractivity contribution in [3.05, 3.63) is 40.7 Å². The molecule has 3 rings (SSSR count). The molecule has 0 radical (unpaired) electrons. The first-order chi connectivity index (χ1) is 11.1. The van der Waals surface area contributed by atoms with E-state index in [1.807, 2.05) is 18.4 Å². The van der Waals surface area contributed by atoms with Crippen molar-refractivity contribution in [1.29, 1.82) is 0 Å². The number of aromatic nitrogens is 1. The molecule has 1 saturated heterocycles. The molecule has 1 atom stereocenters. The SMILES string of the molecule is C[C@H](Nc1ccc(S(=O)(=O)N2CCOCC2)cn1)c1cccs1. The lowest BCUT2D eigenvalue weighted by Gasteiger charge is -2.26. The van der Waals surface area contributed by atoms with Crippen LogP contribution in [0.2, 0.25) is 0 Å². The first-order valence-corrected chi connectivity index (χ1v) is 9.73. The van der Waals surface area contributed by atoms with Crippen LogP contribution in [0.3, 0.4) is 0 Å². The van der Waals surface area contributed by atoms with Crippen LogP contribution in [0.15, 0.2) is 40.7 Å². The van der Waals surface area contributed by atoms with Crippen molar-refractivity contribution in [2.75, 3.05) is 31.6 Å². The van der Waals surface area contributed by atoms with Gasteiger partial charge in [0.1, 0.15) is 10.7 Å². The van der Waals surface area contributed by atoms with E-state index in [-0.39, 0.29) is 10.9 Å². The van der Waals surface area contributed by atoms with E-state index in [1.54, 1.807) is 23.5 Å². The van der Waals surface area contributed by atoms with Crippen LogP contribution >= 0.6 is 11.3 Å². The highest BCUT2D eigenvalue weighted by molar-refractivity contribution is 7.89. The Morgan fingerprint density at radius 1 is 1.30 bits per heavy atom. The average molecular weight is 353 g/mol. The van der Waals surface area contributed by atoms with Crippen LogP contribution in [0.1, 0.15) is 17.8 Å². The van der Waals surface area contributed by atoms with Crippen molar-refractivity contribution in [1.82, 2.24) is 9.29 Å². The van der Waals surface area contributed by atoms with Crippen LogP contribution in [0.4, 0.5) is 5.82 Å². The van der Waals surface area contributed by atoms with E-state index in [9.17, 15) is 8.42 Å². The Labute approximate surface area is 140 Å². The first kappa shape index (κ1) is 16.4. The minimum absolute atomic E-state index is 0.129. The number of anilines is 1. The Bertz CT molecular complexity index is 724. The molecule has 2 aromatic heterocycles. The van der Waals surface area contributed by atoms with E-state index in [4.69, 9.17) is 4.74 Å². The van der Waals surface area contributed by atoms with Gasteiger partial charge in [0.25, 0.3) is 0 Å². The van der Waals surface area contributed by atoms with Crippen LogP contribution in [-0.2, 0) is 14.8 Å². The van der Waals surface area contributed by atoms with Gasteiger partial charge in [-0.25, -0.2) is 13.4 Å². The standard InChI is InChI=1S/C15H19N3O3S2/c1-12(14-3-2-10-22-14)17-15-5-4-13(11-16-15)23(19,20)18-6-8-21-9-7-18/h2-5,10-12H,6-9H2,1H3,(H,16,17)/t12-/m0/s1. The number of nitrogens with zero attached hydrogens (tertiary/aromatic N) is 2. The summed E-state index contributed by atoms with van der Waals surface area (Å²) in [6, 6.07) is 7.49. The Morgan fingerprint density at radius 2 is 2.09 bits per heavy atom. The van der Waals surface area contributed by atoms with Crippen molar-refractivity contribution in [3.8, 4) is 0 Å². The summed E-state index contributed by atoms with van der Waals surface area (Å²) in [5, 5.41) is 5.30. The van der Waals surface area contributed by atoms with Crippen LogP contribution in [0.5, 0.6) is 0 Å². The molecular formula is C15H19N3O3S2. The monoisotopic (exact) mass is 353 g/mol. The van der Waals surface area contributed by atoms with Gasteiger partial charge < -0.3 is 10.1 Å². The molecule has 0 amide bonds. The first-order valence-electron chi connectivity index (χ1n) is 7.41. The van der Waals surface area contributed by atoms with Crippen LogP contribution in [-0.4, -0.2) is 44.0 Å². The van der Waals surface area contributed by atoms with E-state index < -0.39 is 10.0 Å². The third kappa shape index (κ3) is 3.72. The van der Waals surface area contributed by atoms with E-state index in [2.05, 4.69) is 16.4 Å². The number of nitrogens with one attached hydrogen (secondary N) is 1. The topological polar surface area (TPSA) is 71.5 Å². The number of pyridine rings is 1. The maximum absolute atomic E-state index is 12.5. The third-order valence-electron chi connectivity index (χ3n) is 3.68. The summed E-state index contributed by atoms with van der Waals surface area (Å²) >= 11 is 1.67. The molecule has 23 heavy (non-hydrogen) atoms. The Kier molecular flexibility index (Phi) is 4.96. The molecule has 3 heterocycles. The third-order valence-corrected chi connectivity index (χ3v) is 6.62. The molecule has 6 nitrogen and oxygen atoms in total. The molecule has 0 bridgehead atoms. The molecule has 0 spiro atoms. The lowest BCUT2D eigenvalue weighted by molar-refractivity contribution is 0.0730. The van der Waals surface area contributed by atoms with Gasteiger partial charge in [-0.1, -0.05) is 6.07 Å². The van der Waals surface area contributed by atoms with E-state index in [0.717, 1.165) is 0 Å². The smallest absolute Gasteiger partial charge is 0.244 e. The van der Waals surface area contributed by atoms with Crippen molar-refractivity contribution >= 4 is 27.2 Å². The molecule has 1 aliphatic heterocycles. The maximum atomic E-state index is 12.5. The molecule has 1 aliphatic rings. The fraction of sp³-hybridized carbons (Fsp3) is 0.400. The lowest BCUT2D eigenvalue weighted by atomic mass is 10.3. The van der Waals surface area contributed by atoms with Gasteiger partial charge in [0.15, 0.2) is 0 Å². The summed E-state index contributed by atoms with van der Waals surface area (Å²) in [4.78, 5) is 5.67. The second-order valence-corrected chi connectivity index (χ2v) is 8.19. The van der Waals surface area contributed by atoms with E-state index in [1.165, 1.54) is 15.4 Å². The Hall–Kier alpha value is -1.48. The Balaban J connectivity index is 1.71. The van der Waals surface area contributed by atoms with E-state index in [0.29, 0.717) is 32.1 Å². The number of thiophene rings is 1. The highest BCUT2D eigenvalue weighted by atomic mass is 32.2. The largest absolute Gasteiger partial charge is 0.379 e. The van der Waals surface area contributed by atoms with Gasteiger partial charge in [-0.15, -0.1) is 11.3 Å². The number of morpholine rings is 1.